The third-order valence-corrected chi connectivity index (χ3v) is 3.25. The summed E-state index contributed by atoms with van der Waals surface area (Å²) in [5, 5.41) is 2.71. The van der Waals surface area contributed by atoms with Gasteiger partial charge >= 0.3 is 6.09 Å². The number of hydrogen-bond donors (Lipinski definition) is 1. The molecule has 62 valence electrons. The van der Waals surface area contributed by atoms with E-state index in [1.54, 1.807) is 0 Å². The summed E-state index contributed by atoms with van der Waals surface area (Å²) in [6.45, 7) is 0.715. The van der Waals surface area contributed by atoms with Crippen molar-refractivity contribution in [2.45, 2.75) is 18.4 Å². The largest absolute Gasteiger partial charge is 0.441 e. The molecule has 2 rings (SSSR count). The lowest BCUT2D eigenvalue weighted by atomic mass is 9.97. The van der Waals surface area contributed by atoms with Crippen molar-refractivity contribution in [3.63, 3.8) is 0 Å². The molecule has 0 aliphatic carbocycles. The van der Waals surface area contributed by atoms with Crippen molar-refractivity contribution in [1.82, 2.24) is 5.32 Å². The van der Waals surface area contributed by atoms with Gasteiger partial charge in [0.25, 0.3) is 0 Å². The van der Waals surface area contributed by atoms with Gasteiger partial charge in [0.05, 0.1) is 6.54 Å². The molecule has 0 aromatic heterocycles. The van der Waals surface area contributed by atoms with Crippen LogP contribution in [0.15, 0.2) is 0 Å². The second kappa shape index (κ2) is 2.59. The van der Waals surface area contributed by atoms with Gasteiger partial charge in [0, 0.05) is 0 Å². The van der Waals surface area contributed by atoms with Gasteiger partial charge in [0.1, 0.15) is 5.60 Å². The van der Waals surface area contributed by atoms with E-state index in [0.29, 0.717) is 6.54 Å². The topological polar surface area (TPSA) is 38.3 Å². The van der Waals surface area contributed by atoms with Gasteiger partial charge in [0.15, 0.2) is 0 Å². The summed E-state index contributed by atoms with van der Waals surface area (Å²) in [5.41, 5.74) is -0.137. The molecule has 1 spiro atoms. The average Bonchev–Trinajstić information content (AvgIpc) is 2.34. The Kier molecular flexibility index (Phi) is 1.71. The molecular weight excluding hydrogens is 162 g/mol. The quantitative estimate of drug-likeness (QED) is 0.593. The van der Waals surface area contributed by atoms with Crippen molar-refractivity contribution in [3.05, 3.63) is 0 Å². The number of hydrogen-bond acceptors (Lipinski definition) is 3. The van der Waals surface area contributed by atoms with E-state index in [4.69, 9.17) is 4.74 Å². The van der Waals surface area contributed by atoms with Crippen LogP contribution in [0.5, 0.6) is 0 Å². The Morgan fingerprint density at radius 2 is 2.18 bits per heavy atom. The highest BCUT2D eigenvalue weighted by Gasteiger charge is 2.41. The fraction of sp³-hybridized carbons (Fsp3) is 0.857. The molecule has 2 fully saturated rings. The fourth-order valence-corrected chi connectivity index (χ4v) is 2.76. The van der Waals surface area contributed by atoms with Crippen molar-refractivity contribution in [2.24, 2.45) is 0 Å². The monoisotopic (exact) mass is 173 g/mol. The highest BCUT2D eigenvalue weighted by Crippen LogP contribution is 2.32. The van der Waals surface area contributed by atoms with Gasteiger partial charge < -0.3 is 10.1 Å². The van der Waals surface area contributed by atoms with Gasteiger partial charge in [-0.25, -0.2) is 4.79 Å². The number of ether oxygens (including phenoxy) is 1. The van der Waals surface area contributed by atoms with Crippen LogP contribution in [0, 0.1) is 0 Å². The number of carbonyl (C=O) groups is 1. The van der Waals surface area contributed by atoms with Gasteiger partial charge in [-0.1, -0.05) is 0 Å². The number of nitrogens with one attached hydrogen (secondary N) is 1. The van der Waals surface area contributed by atoms with E-state index in [2.05, 4.69) is 5.32 Å². The van der Waals surface area contributed by atoms with Crippen LogP contribution in [-0.2, 0) is 4.74 Å². The van der Waals surface area contributed by atoms with Gasteiger partial charge in [-0.3, -0.25) is 0 Å². The van der Waals surface area contributed by atoms with E-state index in [9.17, 15) is 4.79 Å². The summed E-state index contributed by atoms with van der Waals surface area (Å²) < 4.78 is 5.23. The normalized spacial score (nSPS) is 28.2. The van der Waals surface area contributed by atoms with Crippen molar-refractivity contribution in [1.29, 1.82) is 0 Å². The molecule has 2 heterocycles. The van der Waals surface area contributed by atoms with Gasteiger partial charge in [-0.05, 0) is 24.3 Å². The first-order valence-electron chi connectivity index (χ1n) is 3.85. The Morgan fingerprint density at radius 3 is 2.73 bits per heavy atom. The smallest absolute Gasteiger partial charge is 0.407 e. The van der Waals surface area contributed by atoms with Crippen LogP contribution in [0.3, 0.4) is 0 Å². The average molecular weight is 173 g/mol. The van der Waals surface area contributed by atoms with E-state index in [1.807, 2.05) is 11.8 Å². The molecule has 4 heteroatoms. The molecule has 1 N–H and O–H groups in total. The fourth-order valence-electron chi connectivity index (χ4n) is 1.52. The summed E-state index contributed by atoms with van der Waals surface area (Å²) in [4.78, 5) is 10.8. The maximum atomic E-state index is 10.8. The molecule has 0 unspecified atom stereocenters. The summed E-state index contributed by atoms with van der Waals surface area (Å²) in [6, 6.07) is 0. The van der Waals surface area contributed by atoms with Crippen LogP contribution >= 0.6 is 11.8 Å². The first-order chi connectivity index (χ1) is 5.31. The van der Waals surface area contributed by atoms with E-state index in [-0.39, 0.29) is 11.7 Å². The Bertz CT molecular complexity index is 177. The predicted molar refractivity (Wildman–Crippen MR) is 43.8 cm³/mol. The molecule has 0 aromatic rings. The van der Waals surface area contributed by atoms with Crippen molar-refractivity contribution in [3.8, 4) is 0 Å². The van der Waals surface area contributed by atoms with Crippen LogP contribution in [0.1, 0.15) is 12.8 Å². The molecule has 1 amide bonds. The summed E-state index contributed by atoms with van der Waals surface area (Å²) in [7, 11) is 0. The molecule has 2 aliphatic rings. The summed E-state index contributed by atoms with van der Waals surface area (Å²) in [5.74, 6) is 2.24. The van der Waals surface area contributed by atoms with Gasteiger partial charge in [-0.15, -0.1) is 0 Å². The minimum Gasteiger partial charge on any atom is -0.441 e. The Labute approximate surface area is 69.9 Å². The molecule has 0 aromatic carbocycles. The summed E-state index contributed by atoms with van der Waals surface area (Å²) >= 11 is 1.94. The third kappa shape index (κ3) is 1.31. The van der Waals surface area contributed by atoms with Crippen LogP contribution in [-0.4, -0.2) is 29.7 Å². The first-order valence-corrected chi connectivity index (χ1v) is 5.01. The Balaban J connectivity index is 2.03. The zero-order chi connectivity index (χ0) is 7.73. The van der Waals surface area contributed by atoms with E-state index in [0.717, 1.165) is 24.3 Å². The highest BCUT2D eigenvalue weighted by molar-refractivity contribution is 7.99. The second-order valence-electron chi connectivity index (χ2n) is 3.04. The number of alkyl carbamates (subject to hydrolysis) is 1. The minimum absolute atomic E-state index is 0.137. The summed E-state index contributed by atoms with van der Waals surface area (Å²) in [6.07, 6.45) is 1.78. The predicted octanol–water partition coefficient (Wildman–Crippen LogP) is 0.992. The van der Waals surface area contributed by atoms with Crippen molar-refractivity contribution < 1.29 is 9.53 Å². The van der Waals surface area contributed by atoms with Crippen LogP contribution < -0.4 is 5.32 Å². The van der Waals surface area contributed by atoms with E-state index < -0.39 is 0 Å². The molecule has 2 aliphatic heterocycles. The molecule has 0 saturated carbocycles. The van der Waals surface area contributed by atoms with Crippen molar-refractivity contribution >= 4 is 17.9 Å². The molecule has 2 saturated heterocycles. The SMILES string of the molecule is O=C1NCC2(CCSCC2)O1. The van der Waals surface area contributed by atoms with E-state index in [1.165, 1.54) is 0 Å². The first kappa shape index (κ1) is 7.28. The zero-order valence-corrected chi connectivity index (χ0v) is 7.08. The molecule has 11 heavy (non-hydrogen) atoms. The number of amides is 1. The van der Waals surface area contributed by atoms with Crippen LogP contribution in [0.4, 0.5) is 4.79 Å². The minimum atomic E-state index is -0.239. The lowest BCUT2D eigenvalue weighted by Crippen LogP contribution is -2.37. The van der Waals surface area contributed by atoms with Crippen LogP contribution in [0.25, 0.3) is 0 Å². The maximum absolute atomic E-state index is 10.8. The van der Waals surface area contributed by atoms with Crippen molar-refractivity contribution in [2.75, 3.05) is 18.1 Å². The third-order valence-electron chi connectivity index (χ3n) is 2.27. The maximum Gasteiger partial charge on any atom is 0.407 e. The lowest BCUT2D eigenvalue weighted by molar-refractivity contribution is 0.0502. The number of rotatable bonds is 0. The Hall–Kier alpha value is -0.380. The van der Waals surface area contributed by atoms with Crippen LogP contribution in [0.2, 0.25) is 0 Å². The second-order valence-corrected chi connectivity index (χ2v) is 4.26. The number of thioether (sulfide) groups is 1. The molecular formula is C7H11NO2S. The lowest BCUT2D eigenvalue weighted by Gasteiger charge is -2.29. The standard InChI is InChI=1S/C7H11NO2S/c9-6-8-5-7(10-6)1-3-11-4-2-7/h1-5H2,(H,8,9). The number of carbonyl (C=O) groups excluding carboxylic acids is 1. The van der Waals surface area contributed by atoms with E-state index >= 15 is 0 Å². The molecule has 0 radical (unpaired) electrons. The molecule has 3 nitrogen and oxygen atoms in total. The highest BCUT2D eigenvalue weighted by atomic mass is 32.2. The van der Waals surface area contributed by atoms with Gasteiger partial charge in [0.2, 0.25) is 0 Å². The molecule has 0 atom stereocenters. The van der Waals surface area contributed by atoms with Gasteiger partial charge in [-0.2, -0.15) is 11.8 Å². The zero-order valence-electron chi connectivity index (χ0n) is 6.26. The Morgan fingerprint density at radius 1 is 1.45 bits per heavy atom. The molecule has 0 bridgehead atoms.